The van der Waals surface area contributed by atoms with Crippen LogP contribution in [0.4, 0.5) is 14.6 Å². The molecule has 13 heteroatoms. The molecule has 1 fully saturated rings. The van der Waals surface area contributed by atoms with E-state index in [0.717, 1.165) is 12.3 Å². The number of nitrogens with one attached hydrogen (secondary N) is 1. The Morgan fingerprint density at radius 3 is 2.34 bits per heavy atom. The molecule has 1 aliphatic heterocycles. The van der Waals surface area contributed by atoms with Gasteiger partial charge in [-0.2, -0.15) is 13.8 Å². The molecule has 0 saturated carbocycles. The van der Waals surface area contributed by atoms with Crippen molar-refractivity contribution in [2.75, 3.05) is 33.3 Å². The first-order chi connectivity index (χ1) is 15.2. The number of hydrogen-bond acceptors (Lipinski definition) is 9. The van der Waals surface area contributed by atoms with Gasteiger partial charge in [0.15, 0.2) is 17.6 Å². The standard InChI is InChI=1S/C19H21F2N3O8/c1-29-10-6-9(7-11(30-2)14(10)31-3)16(27)22-13-4-5-24(18(28)23-13)17-19(20,21)15(26)12(8-25)32-17/h4-7,12,15,17,25-26H,8H2,1-3H3,(H,22,23,27,28)/t12-,15+,17-/m1/s1. The topological polar surface area (TPSA) is 141 Å². The summed E-state index contributed by atoms with van der Waals surface area (Å²) in [5.74, 6) is -4.04. The summed E-state index contributed by atoms with van der Waals surface area (Å²) in [5, 5.41) is 21.0. The van der Waals surface area contributed by atoms with E-state index >= 15 is 0 Å². The zero-order valence-corrected chi connectivity index (χ0v) is 17.2. The largest absolute Gasteiger partial charge is 0.493 e. The molecule has 3 atom stereocenters. The lowest BCUT2D eigenvalue weighted by molar-refractivity contribution is -0.140. The van der Waals surface area contributed by atoms with Crippen molar-refractivity contribution in [1.82, 2.24) is 9.55 Å². The quantitative estimate of drug-likeness (QED) is 0.539. The Kier molecular flexibility index (Phi) is 6.62. The second-order valence-corrected chi connectivity index (χ2v) is 6.70. The molecule has 0 bridgehead atoms. The first-order valence-corrected chi connectivity index (χ1v) is 9.20. The Labute approximate surface area is 180 Å². The van der Waals surface area contributed by atoms with Crippen molar-refractivity contribution in [2.24, 2.45) is 0 Å². The van der Waals surface area contributed by atoms with Crippen LogP contribution in [-0.2, 0) is 4.74 Å². The van der Waals surface area contributed by atoms with E-state index in [0.29, 0.717) is 4.57 Å². The molecule has 2 heterocycles. The van der Waals surface area contributed by atoms with Crippen molar-refractivity contribution in [2.45, 2.75) is 24.4 Å². The number of rotatable bonds is 7. The predicted octanol–water partition coefficient (Wildman–Crippen LogP) is 0.407. The number of ether oxygens (including phenoxy) is 4. The van der Waals surface area contributed by atoms with Crippen LogP contribution in [0, 0.1) is 0 Å². The molecule has 1 aromatic heterocycles. The Balaban J connectivity index is 1.85. The van der Waals surface area contributed by atoms with Crippen LogP contribution in [0.25, 0.3) is 0 Å². The van der Waals surface area contributed by atoms with Gasteiger partial charge in [-0.05, 0) is 18.2 Å². The predicted molar refractivity (Wildman–Crippen MR) is 104 cm³/mol. The second kappa shape index (κ2) is 9.06. The second-order valence-electron chi connectivity index (χ2n) is 6.70. The van der Waals surface area contributed by atoms with E-state index in [1.165, 1.54) is 33.5 Å². The molecule has 3 rings (SSSR count). The van der Waals surface area contributed by atoms with Gasteiger partial charge in [0.25, 0.3) is 5.91 Å². The van der Waals surface area contributed by atoms with Gasteiger partial charge in [0.1, 0.15) is 11.9 Å². The van der Waals surface area contributed by atoms with Crippen molar-refractivity contribution in [3.8, 4) is 17.2 Å². The van der Waals surface area contributed by atoms with Gasteiger partial charge >= 0.3 is 11.6 Å². The Morgan fingerprint density at radius 2 is 1.88 bits per heavy atom. The average molecular weight is 457 g/mol. The van der Waals surface area contributed by atoms with Crippen LogP contribution in [0.15, 0.2) is 29.2 Å². The molecule has 0 aliphatic carbocycles. The number of benzene rings is 1. The van der Waals surface area contributed by atoms with Crippen LogP contribution in [0.3, 0.4) is 0 Å². The lowest BCUT2D eigenvalue weighted by atomic mass is 10.1. The number of methoxy groups -OCH3 is 3. The SMILES string of the molecule is COc1cc(C(=O)Nc2ccn([C@@H]3O[C@H](CO)[C@H](O)C3(F)F)c(=O)n2)cc(OC)c1OC. The minimum absolute atomic E-state index is 0.0880. The van der Waals surface area contributed by atoms with Crippen molar-refractivity contribution in [1.29, 1.82) is 0 Å². The third-order valence-electron chi connectivity index (χ3n) is 4.81. The Bertz CT molecular complexity index is 1040. The minimum Gasteiger partial charge on any atom is -0.493 e. The monoisotopic (exact) mass is 457 g/mol. The number of hydrogen-bond donors (Lipinski definition) is 3. The molecule has 0 spiro atoms. The lowest BCUT2D eigenvalue weighted by Gasteiger charge is -2.21. The number of alkyl halides is 2. The van der Waals surface area contributed by atoms with Crippen LogP contribution < -0.4 is 25.2 Å². The van der Waals surface area contributed by atoms with Gasteiger partial charge in [0.2, 0.25) is 12.0 Å². The molecule has 1 aliphatic rings. The summed E-state index contributed by atoms with van der Waals surface area (Å²) in [5.41, 5.74) is -1.08. The van der Waals surface area contributed by atoms with E-state index in [2.05, 4.69) is 10.3 Å². The maximum Gasteiger partial charge on any atom is 0.351 e. The van der Waals surface area contributed by atoms with E-state index in [4.69, 9.17) is 24.1 Å². The van der Waals surface area contributed by atoms with Gasteiger partial charge in [-0.3, -0.25) is 9.36 Å². The minimum atomic E-state index is -3.85. The van der Waals surface area contributed by atoms with Gasteiger partial charge in [-0.15, -0.1) is 0 Å². The highest BCUT2D eigenvalue weighted by Gasteiger charge is 2.59. The molecule has 3 N–H and O–H groups in total. The number of carbonyl (C=O) groups is 1. The summed E-state index contributed by atoms with van der Waals surface area (Å²) in [6.07, 6.45) is -5.11. The third-order valence-corrected chi connectivity index (χ3v) is 4.81. The van der Waals surface area contributed by atoms with Gasteiger partial charge in [-0.25, -0.2) is 4.79 Å². The maximum absolute atomic E-state index is 14.3. The Morgan fingerprint density at radius 1 is 1.25 bits per heavy atom. The first-order valence-electron chi connectivity index (χ1n) is 9.20. The van der Waals surface area contributed by atoms with E-state index in [-0.39, 0.29) is 28.6 Å². The van der Waals surface area contributed by atoms with Crippen LogP contribution in [0.1, 0.15) is 16.6 Å². The highest BCUT2D eigenvalue weighted by Crippen LogP contribution is 2.42. The Hall–Kier alpha value is -3.29. The molecule has 11 nitrogen and oxygen atoms in total. The van der Waals surface area contributed by atoms with E-state index < -0.39 is 42.6 Å². The van der Waals surface area contributed by atoms with E-state index in [9.17, 15) is 23.5 Å². The summed E-state index contributed by atoms with van der Waals surface area (Å²) in [6.45, 7) is -0.863. The summed E-state index contributed by atoms with van der Waals surface area (Å²) in [6, 6.07) is 3.86. The fourth-order valence-corrected chi connectivity index (χ4v) is 3.18. The van der Waals surface area contributed by atoms with Gasteiger partial charge in [0, 0.05) is 11.8 Å². The van der Waals surface area contributed by atoms with E-state index in [1.807, 2.05) is 0 Å². The molecule has 1 aromatic carbocycles. The van der Waals surface area contributed by atoms with Crippen LogP contribution in [-0.4, -0.2) is 71.7 Å². The van der Waals surface area contributed by atoms with Crippen molar-refractivity contribution in [3.05, 3.63) is 40.4 Å². The number of halogens is 2. The van der Waals surface area contributed by atoms with E-state index in [1.54, 1.807) is 0 Å². The van der Waals surface area contributed by atoms with Crippen molar-refractivity contribution < 1.29 is 42.7 Å². The summed E-state index contributed by atoms with van der Waals surface area (Å²) in [4.78, 5) is 28.5. The zero-order chi connectivity index (χ0) is 23.6. The lowest BCUT2D eigenvalue weighted by Crippen LogP contribution is -2.41. The van der Waals surface area contributed by atoms with Crippen LogP contribution >= 0.6 is 0 Å². The molecular formula is C19H21F2N3O8. The highest BCUT2D eigenvalue weighted by atomic mass is 19.3. The number of aromatic nitrogens is 2. The molecule has 2 aromatic rings. The molecule has 1 amide bonds. The maximum atomic E-state index is 14.3. The molecule has 0 unspecified atom stereocenters. The summed E-state index contributed by atoms with van der Waals surface area (Å²) >= 11 is 0. The summed E-state index contributed by atoms with van der Waals surface area (Å²) in [7, 11) is 4.15. The third kappa shape index (κ3) is 4.09. The number of amides is 1. The average Bonchev–Trinajstić information content (AvgIpc) is 3.01. The normalized spacial score (nSPS) is 21.8. The fraction of sp³-hybridized carbons (Fsp3) is 0.421. The molecule has 174 valence electrons. The first kappa shape index (κ1) is 23.4. The number of anilines is 1. The van der Waals surface area contributed by atoms with Crippen molar-refractivity contribution >= 4 is 11.7 Å². The summed E-state index contributed by atoms with van der Waals surface area (Å²) < 4.78 is 49.5. The fourth-order valence-electron chi connectivity index (χ4n) is 3.18. The number of nitrogens with zero attached hydrogens (tertiary/aromatic N) is 2. The number of carbonyl (C=O) groups excluding carboxylic acids is 1. The van der Waals surface area contributed by atoms with Crippen molar-refractivity contribution in [3.63, 3.8) is 0 Å². The van der Waals surface area contributed by atoms with Gasteiger partial charge in [-0.1, -0.05) is 0 Å². The molecule has 1 saturated heterocycles. The number of aliphatic hydroxyl groups excluding tert-OH is 2. The molecule has 32 heavy (non-hydrogen) atoms. The zero-order valence-electron chi connectivity index (χ0n) is 17.2. The highest BCUT2D eigenvalue weighted by molar-refractivity contribution is 6.04. The van der Waals surface area contributed by atoms with Gasteiger partial charge in [0.05, 0.1) is 27.9 Å². The smallest absolute Gasteiger partial charge is 0.351 e. The van der Waals surface area contributed by atoms with Gasteiger partial charge < -0.3 is 34.5 Å². The molecule has 0 radical (unpaired) electrons. The molecular weight excluding hydrogens is 436 g/mol. The van der Waals surface area contributed by atoms with Crippen LogP contribution in [0.2, 0.25) is 0 Å². The number of aliphatic hydroxyl groups is 2. The van der Waals surface area contributed by atoms with Crippen LogP contribution in [0.5, 0.6) is 17.2 Å².